The second-order valence-electron chi connectivity index (χ2n) is 5.83. The molecular weight excluding hydrogens is 437 g/mol. The average Bonchev–Trinajstić information content (AvgIpc) is 2.66. The van der Waals surface area contributed by atoms with Crippen LogP contribution in [0.5, 0.6) is 0 Å². The van der Waals surface area contributed by atoms with Gasteiger partial charge in [0.05, 0.1) is 10.8 Å². The van der Waals surface area contributed by atoms with Gasteiger partial charge in [0.25, 0.3) is 5.91 Å². The molecule has 0 unspecified atom stereocenters. The molecule has 0 heterocycles. The van der Waals surface area contributed by atoms with Crippen molar-refractivity contribution >= 4 is 63.9 Å². The number of nitrogens with one attached hydrogen (secondary N) is 1. The first-order valence-electron chi connectivity index (χ1n) is 8.20. The topological polar surface area (TPSA) is 46.2 Å². The minimum Gasteiger partial charge on any atom is -0.322 e. The summed E-state index contributed by atoms with van der Waals surface area (Å²) in [6, 6.07) is 18.8. The number of Topliss-reactive ketones (excluding diaryl/α,β-unsaturated/α-hetero) is 1. The lowest BCUT2D eigenvalue weighted by atomic mass is 10.1. The van der Waals surface area contributed by atoms with Gasteiger partial charge in [-0.15, -0.1) is 11.8 Å². The minimum atomic E-state index is -0.256. The number of halogens is 3. The zero-order valence-electron chi connectivity index (χ0n) is 14.4. The molecule has 0 spiro atoms. The number of hydrogen-bond acceptors (Lipinski definition) is 3. The second-order valence-corrected chi connectivity index (χ2v) is 8.16. The number of benzene rings is 3. The molecule has 0 saturated carbocycles. The maximum absolute atomic E-state index is 12.4. The highest BCUT2D eigenvalue weighted by Crippen LogP contribution is 2.26. The van der Waals surface area contributed by atoms with Gasteiger partial charge in [-0.05, 0) is 54.6 Å². The number of rotatable bonds is 6. The van der Waals surface area contributed by atoms with E-state index in [0.717, 1.165) is 4.90 Å². The van der Waals surface area contributed by atoms with Crippen LogP contribution in [0, 0.1) is 0 Å². The van der Waals surface area contributed by atoms with Crippen molar-refractivity contribution in [3.63, 3.8) is 0 Å². The van der Waals surface area contributed by atoms with Crippen molar-refractivity contribution in [3.8, 4) is 0 Å². The third-order valence-electron chi connectivity index (χ3n) is 3.78. The van der Waals surface area contributed by atoms with Crippen LogP contribution < -0.4 is 5.32 Å². The van der Waals surface area contributed by atoms with Gasteiger partial charge in [-0.1, -0.05) is 46.9 Å². The molecule has 0 atom stereocenters. The molecule has 1 amide bonds. The van der Waals surface area contributed by atoms with Crippen LogP contribution in [-0.2, 0) is 0 Å². The summed E-state index contributed by atoms with van der Waals surface area (Å²) in [5, 5.41) is 4.14. The molecule has 3 aromatic rings. The fourth-order valence-corrected chi connectivity index (χ4v) is 3.98. The van der Waals surface area contributed by atoms with Crippen molar-refractivity contribution in [3.05, 3.63) is 92.9 Å². The monoisotopic (exact) mass is 449 g/mol. The van der Waals surface area contributed by atoms with Crippen LogP contribution in [0.4, 0.5) is 5.69 Å². The van der Waals surface area contributed by atoms with Gasteiger partial charge in [0.1, 0.15) is 0 Å². The van der Waals surface area contributed by atoms with Crippen LogP contribution >= 0.6 is 46.6 Å². The van der Waals surface area contributed by atoms with Gasteiger partial charge < -0.3 is 5.32 Å². The third-order valence-corrected chi connectivity index (χ3v) is 5.56. The smallest absolute Gasteiger partial charge is 0.255 e. The quantitative estimate of drug-likeness (QED) is 0.329. The molecule has 0 aliphatic carbocycles. The van der Waals surface area contributed by atoms with Crippen molar-refractivity contribution in [1.82, 2.24) is 0 Å². The van der Waals surface area contributed by atoms with Crippen LogP contribution in [0.25, 0.3) is 0 Å². The summed E-state index contributed by atoms with van der Waals surface area (Å²) in [5.41, 5.74) is 1.54. The Bertz CT molecular complexity index is 1040. The first-order valence-corrected chi connectivity index (χ1v) is 10.3. The standard InChI is InChI=1S/C21H14Cl3NO2S/c22-14-4-1-3-13(9-14)21(27)25-16-5-2-6-17(11-16)28-12-20(26)18-8-7-15(23)10-19(18)24/h1-11H,12H2,(H,25,27). The molecule has 7 heteroatoms. The van der Waals surface area contributed by atoms with Crippen molar-refractivity contribution < 1.29 is 9.59 Å². The highest BCUT2D eigenvalue weighted by Gasteiger charge is 2.12. The molecule has 1 N–H and O–H groups in total. The van der Waals surface area contributed by atoms with Crippen LogP contribution in [0.1, 0.15) is 20.7 Å². The zero-order chi connectivity index (χ0) is 20.1. The summed E-state index contributed by atoms with van der Waals surface area (Å²) in [4.78, 5) is 25.6. The number of carbonyl (C=O) groups excluding carboxylic acids is 2. The van der Waals surface area contributed by atoms with E-state index < -0.39 is 0 Å². The second kappa shape index (κ2) is 9.48. The summed E-state index contributed by atoms with van der Waals surface area (Å²) in [6.07, 6.45) is 0. The Labute approximate surface area is 182 Å². The molecule has 28 heavy (non-hydrogen) atoms. The molecular formula is C21H14Cl3NO2S. The normalized spacial score (nSPS) is 10.5. The highest BCUT2D eigenvalue weighted by atomic mass is 35.5. The average molecular weight is 451 g/mol. The summed E-state index contributed by atoms with van der Waals surface area (Å²) in [6.45, 7) is 0. The lowest BCUT2D eigenvalue weighted by molar-refractivity contribution is 0.101. The Balaban J connectivity index is 1.64. The van der Waals surface area contributed by atoms with E-state index in [9.17, 15) is 9.59 Å². The van der Waals surface area contributed by atoms with Gasteiger partial charge in [0, 0.05) is 31.8 Å². The molecule has 0 saturated heterocycles. The molecule has 142 valence electrons. The number of amides is 1. The van der Waals surface area contributed by atoms with Crippen LogP contribution in [0.2, 0.25) is 15.1 Å². The number of carbonyl (C=O) groups is 2. The van der Waals surface area contributed by atoms with Crippen molar-refractivity contribution in [2.75, 3.05) is 11.1 Å². The molecule has 0 bridgehead atoms. The number of anilines is 1. The van der Waals surface area contributed by atoms with E-state index in [-0.39, 0.29) is 17.4 Å². The molecule has 0 aliphatic heterocycles. The Morgan fingerprint density at radius 1 is 0.857 bits per heavy atom. The molecule has 3 rings (SSSR count). The predicted molar refractivity (Wildman–Crippen MR) is 117 cm³/mol. The van der Waals surface area contributed by atoms with Gasteiger partial charge in [-0.25, -0.2) is 0 Å². The summed E-state index contributed by atoms with van der Waals surface area (Å²) in [7, 11) is 0. The lowest BCUT2D eigenvalue weighted by Gasteiger charge is -2.08. The number of ketones is 1. The largest absolute Gasteiger partial charge is 0.322 e. The van der Waals surface area contributed by atoms with E-state index in [4.69, 9.17) is 34.8 Å². The fourth-order valence-electron chi connectivity index (χ4n) is 2.44. The van der Waals surface area contributed by atoms with Gasteiger partial charge in [0.15, 0.2) is 5.78 Å². The van der Waals surface area contributed by atoms with E-state index in [0.29, 0.717) is 31.9 Å². The molecule has 0 radical (unpaired) electrons. The summed E-state index contributed by atoms with van der Waals surface area (Å²) < 4.78 is 0. The SMILES string of the molecule is O=C(Nc1cccc(SCC(=O)c2ccc(Cl)cc2Cl)c1)c1cccc(Cl)c1. The third kappa shape index (κ3) is 5.52. The van der Waals surface area contributed by atoms with E-state index in [1.54, 1.807) is 48.5 Å². The molecule has 3 aromatic carbocycles. The highest BCUT2D eigenvalue weighted by molar-refractivity contribution is 8.00. The molecule has 0 aromatic heterocycles. The molecule has 0 aliphatic rings. The summed E-state index contributed by atoms with van der Waals surface area (Å²) >= 11 is 19.2. The van der Waals surface area contributed by atoms with Crippen LogP contribution in [-0.4, -0.2) is 17.4 Å². The minimum absolute atomic E-state index is 0.0972. The van der Waals surface area contributed by atoms with Crippen LogP contribution in [0.15, 0.2) is 71.6 Å². The van der Waals surface area contributed by atoms with Crippen molar-refractivity contribution in [2.45, 2.75) is 4.90 Å². The molecule has 0 fully saturated rings. The Morgan fingerprint density at radius 2 is 1.61 bits per heavy atom. The maximum atomic E-state index is 12.4. The fraction of sp³-hybridized carbons (Fsp3) is 0.0476. The summed E-state index contributed by atoms with van der Waals surface area (Å²) in [5.74, 6) is -0.138. The lowest BCUT2D eigenvalue weighted by Crippen LogP contribution is -2.11. The molecule has 3 nitrogen and oxygen atoms in total. The Hall–Kier alpha value is -1.98. The Kier molecular flexibility index (Phi) is 7.03. The van der Waals surface area contributed by atoms with Crippen molar-refractivity contribution in [2.24, 2.45) is 0 Å². The van der Waals surface area contributed by atoms with E-state index in [1.807, 2.05) is 18.2 Å². The predicted octanol–water partition coefficient (Wildman–Crippen LogP) is 6.87. The zero-order valence-corrected chi connectivity index (χ0v) is 17.5. The van der Waals surface area contributed by atoms with Gasteiger partial charge in [-0.2, -0.15) is 0 Å². The van der Waals surface area contributed by atoms with Gasteiger partial charge >= 0.3 is 0 Å². The van der Waals surface area contributed by atoms with Gasteiger partial charge in [-0.3, -0.25) is 9.59 Å². The van der Waals surface area contributed by atoms with Crippen molar-refractivity contribution in [1.29, 1.82) is 0 Å². The van der Waals surface area contributed by atoms with Crippen LogP contribution in [0.3, 0.4) is 0 Å². The van der Waals surface area contributed by atoms with Gasteiger partial charge in [0.2, 0.25) is 0 Å². The first kappa shape index (κ1) is 20.7. The Morgan fingerprint density at radius 3 is 2.36 bits per heavy atom. The maximum Gasteiger partial charge on any atom is 0.255 e. The number of thioether (sulfide) groups is 1. The van der Waals surface area contributed by atoms with E-state index in [2.05, 4.69) is 5.32 Å². The number of hydrogen-bond donors (Lipinski definition) is 1. The van der Waals surface area contributed by atoms with E-state index >= 15 is 0 Å². The first-order chi connectivity index (χ1) is 13.4. The van der Waals surface area contributed by atoms with E-state index in [1.165, 1.54) is 11.8 Å².